The summed E-state index contributed by atoms with van der Waals surface area (Å²) in [5, 5.41) is 6.62. The Balaban J connectivity index is 2.49. The lowest BCUT2D eigenvalue weighted by Crippen LogP contribution is -2.18. The monoisotopic (exact) mass is 254 g/mol. The van der Waals surface area contributed by atoms with Gasteiger partial charge in [-0.2, -0.15) is 0 Å². The van der Waals surface area contributed by atoms with Gasteiger partial charge in [0.25, 0.3) is 0 Å². The van der Waals surface area contributed by atoms with Crippen molar-refractivity contribution < 1.29 is 8.42 Å². The fourth-order valence-corrected chi connectivity index (χ4v) is 2.99. The van der Waals surface area contributed by atoms with Crippen molar-refractivity contribution in [3.8, 4) is 0 Å². The van der Waals surface area contributed by atoms with Gasteiger partial charge in [-0.3, -0.25) is 0 Å². The Bertz CT molecular complexity index is 511. The second-order valence-electron chi connectivity index (χ2n) is 4.42. The molecule has 94 valence electrons. The lowest BCUT2D eigenvalue weighted by atomic mass is 10.1. The molecule has 0 amide bonds. The zero-order valence-corrected chi connectivity index (χ0v) is 11.0. The van der Waals surface area contributed by atoms with Crippen molar-refractivity contribution in [2.75, 3.05) is 23.4 Å². The fraction of sp³-hybridized carbons (Fsp3) is 0.500. The second-order valence-corrected chi connectivity index (χ2v) is 6.40. The zero-order valence-electron chi connectivity index (χ0n) is 10.2. The molecular formula is C12H18N2O2S. The Morgan fingerprint density at radius 1 is 1.41 bits per heavy atom. The first-order valence-electron chi connectivity index (χ1n) is 5.86. The van der Waals surface area contributed by atoms with Gasteiger partial charge in [-0.25, -0.2) is 8.42 Å². The molecule has 0 aromatic heterocycles. The lowest BCUT2D eigenvalue weighted by Gasteiger charge is -2.16. The van der Waals surface area contributed by atoms with Crippen LogP contribution in [0, 0.1) is 0 Å². The molecule has 0 aliphatic carbocycles. The molecule has 1 atom stereocenters. The number of fused-ring (bicyclic) bond motifs is 1. The molecule has 2 N–H and O–H groups in total. The number of para-hydroxylation sites is 1. The largest absolute Gasteiger partial charge is 0.382 e. The Hall–Kier alpha value is -1.23. The minimum absolute atomic E-state index is 0.374. The van der Waals surface area contributed by atoms with Crippen molar-refractivity contribution in [3.05, 3.63) is 18.2 Å². The SMILES string of the molecule is CCC1CCNc2c(cccc2S(C)(=O)=O)N1. The summed E-state index contributed by atoms with van der Waals surface area (Å²) in [7, 11) is -3.19. The Morgan fingerprint density at radius 3 is 2.82 bits per heavy atom. The summed E-state index contributed by atoms with van der Waals surface area (Å²) in [5.74, 6) is 0. The van der Waals surface area contributed by atoms with E-state index in [1.54, 1.807) is 12.1 Å². The van der Waals surface area contributed by atoms with E-state index in [-0.39, 0.29) is 0 Å². The first-order valence-corrected chi connectivity index (χ1v) is 7.75. The van der Waals surface area contributed by atoms with Crippen LogP contribution < -0.4 is 10.6 Å². The van der Waals surface area contributed by atoms with Crippen LogP contribution in [0.4, 0.5) is 11.4 Å². The minimum atomic E-state index is -3.19. The second kappa shape index (κ2) is 4.56. The van der Waals surface area contributed by atoms with Crippen molar-refractivity contribution in [1.82, 2.24) is 0 Å². The quantitative estimate of drug-likeness (QED) is 0.848. The highest BCUT2D eigenvalue weighted by molar-refractivity contribution is 7.90. The molecule has 0 spiro atoms. The molecule has 1 aliphatic rings. The maximum absolute atomic E-state index is 11.7. The van der Waals surface area contributed by atoms with Gasteiger partial charge in [0.1, 0.15) is 0 Å². The molecule has 0 saturated carbocycles. The van der Waals surface area contributed by atoms with Crippen molar-refractivity contribution in [1.29, 1.82) is 0 Å². The van der Waals surface area contributed by atoms with Crippen molar-refractivity contribution in [3.63, 3.8) is 0 Å². The normalized spacial score (nSPS) is 19.8. The van der Waals surface area contributed by atoms with Crippen LogP contribution in [0.1, 0.15) is 19.8 Å². The summed E-state index contributed by atoms with van der Waals surface area (Å²) in [4.78, 5) is 0.374. The first kappa shape index (κ1) is 12.2. The van der Waals surface area contributed by atoms with Gasteiger partial charge in [0, 0.05) is 18.8 Å². The van der Waals surface area contributed by atoms with E-state index in [2.05, 4.69) is 17.6 Å². The van der Waals surface area contributed by atoms with Crippen LogP contribution in [0.2, 0.25) is 0 Å². The van der Waals surface area contributed by atoms with E-state index < -0.39 is 9.84 Å². The molecule has 17 heavy (non-hydrogen) atoms. The van der Waals surface area contributed by atoms with Gasteiger partial charge in [0.2, 0.25) is 0 Å². The minimum Gasteiger partial charge on any atom is -0.382 e. The van der Waals surface area contributed by atoms with E-state index in [1.165, 1.54) is 6.26 Å². The van der Waals surface area contributed by atoms with Crippen LogP contribution >= 0.6 is 0 Å². The molecule has 5 heteroatoms. The number of sulfone groups is 1. The molecule has 4 nitrogen and oxygen atoms in total. The van der Waals surface area contributed by atoms with Crippen LogP contribution in [0.15, 0.2) is 23.1 Å². The van der Waals surface area contributed by atoms with E-state index in [4.69, 9.17) is 0 Å². The summed E-state index contributed by atoms with van der Waals surface area (Å²) in [6.07, 6.45) is 3.27. The van der Waals surface area contributed by atoms with Crippen LogP contribution in [0.5, 0.6) is 0 Å². The third kappa shape index (κ3) is 2.54. The Kier molecular flexibility index (Phi) is 3.28. The number of anilines is 2. The third-order valence-corrected chi connectivity index (χ3v) is 4.21. The molecule has 1 heterocycles. The molecule has 0 saturated heterocycles. The van der Waals surface area contributed by atoms with Crippen LogP contribution in [0.3, 0.4) is 0 Å². The predicted molar refractivity (Wildman–Crippen MR) is 70.4 cm³/mol. The van der Waals surface area contributed by atoms with E-state index in [0.717, 1.165) is 25.1 Å². The zero-order chi connectivity index (χ0) is 12.5. The van der Waals surface area contributed by atoms with Gasteiger partial charge in [-0.15, -0.1) is 0 Å². The lowest BCUT2D eigenvalue weighted by molar-refractivity contribution is 0.602. The molecule has 0 bridgehead atoms. The maximum Gasteiger partial charge on any atom is 0.177 e. The molecule has 1 aromatic carbocycles. The van der Waals surface area contributed by atoms with Crippen LogP contribution in [0.25, 0.3) is 0 Å². The summed E-state index contributed by atoms with van der Waals surface area (Å²) < 4.78 is 23.4. The number of rotatable bonds is 2. The topological polar surface area (TPSA) is 58.2 Å². The standard InChI is InChI=1S/C12H18N2O2S/c1-3-9-7-8-13-12-10(14-9)5-4-6-11(12)17(2,15)16/h4-6,9,13-14H,3,7-8H2,1-2H3. The number of benzene rings is 1. The number of nitrogens with one attached hydrogen (secondary N) is 2. The molecular weight excluding hydrogens is 236 g/mol. The van der Waals surface area contributed by atoms with Crippen molar-refractivity contribution in [2.24, 2.45) is 0 Å². The molecule has 1 aliphatic heterocycles. The summed E-state index contributed by atoms with van der Waals surface area (Å²) in [5.41, 5.74) is 1.60. The van der Waals surface area contributed by atoms with Crippen molar-refractivity contribution >= 4 is 21.2 Å². The summed E-state index contributed by atoms with van der Waals surface area (Å²) in [6.45, 7) is 2.92. The maximum atomic E-state index is 11.7. The molecule has 0 radical (unpaired) electrons. The van der Waals surface area contributed by atoms with Crippen LogP contribution in [-0.2, 0) is 9.84 Å². The van der Waals surface area contributed by atoms with Gasteiger partial charge < -0.3 is 10.6 Å². The van der Waals surface area contributed by atoms with Gasteiger partial charge >= 0.3 is 0 Å². The molecule has 2 rings (SSSR count). The number of hydrogen-bond acceptors (Lipinski definition) is 4. The van der Waals surface area contributed by atoms with E-state index in [0.29, 0.717) is 16.6 Å². The van der Waals surface area contributed by atoms with E-state index in [9.17, 15) is 8.42 Å². The van der Waals surface area contributed by atoms with E-state index >= 15 is 0 Å². The van der Waals surface area contributed by atoms with Gasteiger partial charge in [0.05, 0.1) is 16.3 Å². The highest BCUT2D eigenvalue weighted by Crippen LogP contribution is 2.32. The first-order chi connectivity index (χ1) is 8.02. The highest BCUT2D eigenvalue weighted by atomic mass is 32.2. The van der Waals surface area contributed by atoms with Crippen molar-refractivity contribution in [2.45, 2.75) is 30.7 Å². The number of hydrogen-bond donors (Lipinski definition) is 2. The van der Waals surface area contributed by atoms with E-state index in [1.807, 2.05) is 6.07 Å². The Labute approximate surface area is 102 Å². The van der Waals surface area contributed by atoms with Crippen LogP contribution in [-0.4, -0.2) is 27.3 Å². The van der Waals surface area contributed by atoms with Gasteiger partial charge in [-0.1, -0.05) is 13.0 Å². The third-order valence-electron chi connectivity index (χ3n) is 3.07. The molecule has 0 fully saturated rings. The summed E-state index contributed by atoms with van der Waals surface area (Å²) in [6, 6.07) is 5.75. The smallest absolute Gasteiger partial charge is 0.177 e. The van der Waals surface area contributed by atoms with Gasteiger partial charge in [-0.05, 0) is 25.0 Å². The van der Waals surface area contributed by atoms with Gasteiger partial charge in [0.15, 0.2) is 9.84 Å². The molecule has 1 aromatic rings. The molecule has 1 unspecified atom stereocenters. The Morgan fingerprint density at radius 2 is 2.18 bits per heavy atom. The average molecular weight is 254 g/mol. The highest BCUT2D eigenvalue weighted by Gasteiger charge is 2.20. The predicted octanol–water partition coefficient (Wildman–Crippen LogP) is 2.10. The average Bonchev–Trinajstić information content (AvgIpc) is 2.48. The summed E-state index contributed by atoms with van der Waals surface area (Å²) >= 11 is 0. The fourth-order valence-electron chi connectivity index (χ4n) is 2.11.